The van der Waals surface area contributed by atoms with Crippen LogP contribution in [0.15, 0.2) is 18.2 Å². The number of piperidine rings is 1. The van der Waals surface area contributed by atoms with Crippen LogP contribution in [0.2, 0.25) is 5.02 Å². The van der Waals surface area contributed by atoms with Gasteiger partial charge >= 0.3 is 0 Å². The van der Waals surface area contributed by atoms with Crippen molar-refractivity contribution in [1.82, 2.24) is 5.32 Å². The van der Waals surface area contributed by atoms with Gasteiger partial charge in [0.2, 0.25) is 0 Å². The number of anilines is 1. The Hall–Kier alpha value is -0.930. The maximum atomic E-state index is 6.07. The third kappa shape index (κ3) is 2.80. The van der Waals surface area contributed by atoms with Gasteiger partial charge in [-0.15, -0.1) is 0 Å². The van der Waals surface area contributed by atoms with Crippen molar-refractivity contribution in [2.24, 2.45) is 0 Å². The molecule has 1 aliphatic rings. The fourth-order valence-electron chi connectivity index (χ4n) is 1.96. The molecular weight excluding hydrogens is 224 g/mol. The van der Waals surface area contributed by atoms with Crippen molar-refractivity contribution in [3.05, 3.63) is 23.2 Å². The fourth-order valence-corrected chi connectivity index (χ4v) is 2.22. The van der Waals surface area contributed by atoms with Gasteiger partial charge in [-0.25, -0.2) is 0 Å². The summed E-state index contributed by atoms with van der Waals surface area (Å²) in [5.74, 6) is 0.720. The van der Waals surface area contributed by atoms with Crippen molar-refractivity contribution >= 4 is 17.3 Å². The molecule has 0 bridgehead atoms. The van der Waals surface area contributed by atoms with E-state index < -0.39 is 0 Å². The Kier molecular flexibility index (Phi) is 3.91. The summed E-state index contributed by atoms with van der Waals surface area (Å²) in [4.78, 5) is 0. The summed E-state index contributed by atoms with van der Waals surface area (Å²) in [5.41, 5.74) is 1.07. The van der Waals surface area contributed by atoms with Crippen LogP contribution < -0.4 is 15.4 Å². The van der Waals surface area contributed by atoms with Gasteiger partial charge in [0.25, 0.3) is 0 Å². The molecule has 1 aliphatic heterocycles. The van der Waals surface area contributed by atoms with Gasteiger partial charge in [0, 0.05) is 11.7 Å². The second-order valence-electron chi connectivity index (χ2n) is 4.02. The Balaban J connectivity index is 2.01. The standard InChI is InChI=1S/C12H17ClN2O/c1-16-12-3-2-10(8-11(12)13)15-9-4-6-14-7-5-9/h2-3,8-9,14-15H,4-7H2,1H3. The van der Waals surface area contributed by atoms with E-state index in [4.69, 9.17) is 16.3 Å². The highest BCUT2D eigenvalue weighted by Crippen LogP contribution is 2.27. The molecule has 1 heterocycles. The van der Waals surface area contributed by atoms with Crippen LogP contribution in [0.3, 0.4) is 0 Å². The van der Waals surface area contributed by atoms with Crippen molar-refractivity contribution in [3.8, 4) is 5.75 Å². The lowest BCUT2D eigenvalue weighted by Crippen LogP contribution is -2.35. The average Bonchev–Trinajstić information content (AvgIpc) is 2.31. The van der Waals surface area contributed by atoms with Crippen LogP contribution >= 0.6 is 11.6 Å². The molecule has 88 valence electrons. The molecule has 0 aromatic heterocycles. The van der Waals surface area contributed by atoms with Crippen molar-refractivity contribution in [2.75, 3.05) is 25.5 Å². The van der Waals surface area contributed by atoms with Gasteiger partial charge in [-0.05, 0) is 44.1 Å². The fraction of sp³-hybridized carbons (Fsp3) is 0.500. The van der Waals surface area contributed by atoms with E-state index in [1.807, 2.05) is 18.2 Å². The Bertz CT molecular complexity index is 351. The molecule has 0 radical (unpaired) electrons. The van der Waals surface area contributed by atoms with Crippen LogP contribution in [0.1, 0.15) is 12.8 Å². The molecule has 0 spiro atoms. The summed E-state index contributed by atoms with van der Waals surface area (Å²) in [7, 11) is 1.63. The number of hydrogen-bond acceptors (Lipinski definition) is 3. The quantitative estimate of drug-likeness (QED) is 0.852. The summed E-state index contributed by atoms with van der Waals surface area (Å²) in [6, 6.07) is 6.37. The first-order valence-corrected chi connectivity index (χ1v) is 5.98. The molecule has 0 atom stereocenters. The number of benzene rings is 1. The predicted octanol–water partition coefficient (Wildman–Crippen LogP) is 2.51. The molecule has 1 aromatic carbocycles. The normalized spacial score (nSPS) is 17.1. The number of rotatable bonds is 3. The molecule has 0 saturated carbocycles. The van der Waals surface area contributed by atoms with E-state index in [2.05, 4.69) is 10.6 Å². The highest BCUT2D eigenvalue weighted by atomic mass is 35.5. The van der Waals surface area contributed by atoms with E-state index in [-0.39, 0.29) is 0 Å². The van der Waals surface area contributed by atoms with E-state index in [0.717, 1.165) is 37.4 Å². The number of hydrogen-bond donors (Lipinski definition) is 2. The molecule has 4 heteroatoms. The number of methoxy groups -OCH3 is 1. The van der Waals surface area contributed by atoms with Crippen LogP contribution in [-0.2, 0) is 0 Å². The Morgan fingerprint density at radius 1 is 1.38 bits per heavy atom. The molecule has 3 nitrogen and oxygen atoms in total. The molecule has 2 rings (SSSR count). The second-order valence-corrected chi connectivity index (χ2v) is 4.43. The van der Waals surface area contributed by atoms with E-state index in [1.165, 1.54) is 0 Å². The molecule has 0 amide bonds. The monoisotopic (exact) mass is 240 g/mol. The molecule has 2 N–H and O–H groups in total. The van der Waals surface area contributed by atoms with E-state index in [1.54, 1.807) is 7.11 Å². The van der Waals surface area contributed by atoms with Crippen molar-refractivity contribution in [1.29, 1.82) is 0 Å². The topological polar surface area (TPSA) is 33.3 Å². The third-order valence-electron chi connectivity index (χ3n) is 2.86. The summed E-state index contributed by atoms with van der Waals surface area (Å²) in [6.07, 6.45) is 2.31. The minimum absolute atomic E-state index is 0.547. The summed E-state index contributed by atoms with van der Waals surface area (Å²) in [5, 5.41) is 7.49. The van der Waals surface area contributed by atoms with E-state index in [0.29, 0.717) is 11.1 Å². The smallest absolute Gasteiger partial charge is 0.137 e. The van der Waals surface area contributed by atoms with Gasteiger partial charge in [0.1, 0.15) is 5.75 Å². The van der Waals surface area contributed by atoms with Gasteiger partial charge < -0.3 is 15.4 Å². The van der Waals surface area contributed by atoms with E-state index >= 15 is 0 Å². The lowest BCUT2D eigenvalue weighted by Gasteiger charge is -2.24. The Morgan fingerprint density at radius 3 is 2.75 bits per heavy atom. The zero-order valence-electron chi connectivity index (χ0n) is 9.42. The van der Waals surface area contributed by atoms with Gasteiger partial charge in [-0.2, -0.15) is 0 Å². The van der Waals surface area contributed by atoms with Crippen LogP contribution in [0.25, 0.3) is 0 Å². The van der Waals surface area contributed by atoms with E-state index in [9.17, 15) is 0 Å². The largest absolute Gasteiger partial charge is 0.495 e. The minimum atomic E-state index is 0.547. The highest BCUT2D eigenvalue weighted by molar-refractivity contribution is 6.32. The summed E-state index contributed by atoms with van der Waals surface area (Å²) < 4.78 is 5.12. The molecule has 1 saturated heterocycles. The Labute approximate surface area is 101 Å². The van der Waals surface area contributed by atoms with Crippen molar-refractivity contribution in [2.45, 2.75) is 18.9 Å². The number of nitrogens with one attached hydrogen (secondary N) is 2. The van der Waals surface area contributed by atoms with Crippen molar-refractivity contribution in [3.63, 3.8) is 0 Å². The molecule has 0 aliphatic carbocycles. The first-order valence-electron chi connectivity index (χ1n) is 5.60. The zero-order valence-corrected chi connectivity index (χ0v) is 10.2. The first kappa shape index (κ1) is 11.6. The molecule has 16 heavy (non-hydrogen) atoms. The number of halogens is 1. The molecular formula is C12H17ClN2O. The van der Waals surface area contributed by atoms with Crippen LogP contribution in [0.4, 0.5) is 5.69 Å². The molecule has 0 unspecified atom stereocenters. The Morgan fingerprint density at radius 2 is 2.12 bits per heavy atom. The zero-order chi connectivity index (χ0) is 11.4. The van der Waals surface area contributed by atoms with Gasteiger partial charge in [0.15, 0.2) is 0 Å². The van der Waals surface area contributed by atoms with Crippen LogP contribution in [-0.4, -0.2) is 26.2 Å². The molecule has 1 fully saturated rings. The minimum Gasteiger partial charge on any atom is -0.495 e. The maximum absolute atomic E-state index is 6.07. The third-order valence-corrected chi connectivity index (χ3v) is 3.16. The predicted molar refractivity (Wildman–Crippen MR) is 67.5 cm³/mol. The summed E-state index contributed by atoms with van der Waals surface area (Å²) >= 11 is 6.07. The van der Waals surface area contributed by atoms with Gasteiger partial charge in [-0.1, -0.05) is 11.6 Å². The molecule has 1 aromatic rings. The van der Waals surface area contributed by atoms with Crippen LogP contribution in [0, 0.1) is 0 Å². The maximum Gasteiger partial charge on any atom is 0.137 e. The number of ether oxygens (including phenoxy) is 1. The average molecular weight is 241 g/mol. The SMILES string of the molecule is COc1ccc(NC2CCNCC2)cc1Cl. The lowest BCUT2D eigenvalue weighted by molar-refractivity contribution is 0.415. The second kappa shape index (κ2) is 5.41. The first-order chi connectivity index (χ1) is 7.79. The van der Waals surface area contributed by atoms with Crippen molar-refractivity contribution < 1.29 is 4.74 Å². The highest BCUT2D eigenvalue weighted by Gasteiger charge is 2.12. The van der Waals surface area contributed by atoms with Crippen LogP contribution in [0.5, 0.6) is 5.75 Å². The van der Waals surface area contributed by atoms with Gasteiger partial charge in [-0.3, -0.25) is 0 Å². The lowest BCUT2D eigenvalue weighted by atomic mass is 10.1. The van der Waals surface area contributed by atoms with Gasteiger partial charge in [0.05, 0.1) is 12.1 Å². The summed E-state index contributed by atoms with van der Waals surface area (Å²) in [6.45, 7) is 2.17.